The summed E-state index contributed by atoms with van der Waals surface area (Å²) in [6, 6.07) is 0. The van der Waals surface area contributed by atoms with Crippen molar-refractivity contribution in [3.05, 3.63) is 11.4 Å². The Balaban J connectivity index is 0. The molecule has 0 rings (SSSR count). The molecule has 3 heteroatoms. The molecule has 0 aromatic carbocycles. The molecule has 0 fully saturated rings. The largest absolute Gasteiger partial charge is 0.359 e. The lowest BCUT2D eigenvalue weighted by Gasteiger charge is -1.78. The van der Waals surface area contributed by atoms with Gasteiger partial charge >= 0.3 is 0 Å². The second-order valence-corrected chi connectivity index (χ2v) is 1.15. The average Bonchev–Trinajstić information content (AvgIpc) is 1.91. The summed E-state index contributed by atoms with van der Waals surface area (Å²) in [6.07, 6.45) is 0.681. The molecule has 0 atom stereocenters. The molecule has 0 aromatic heterocycles. The van der Waals surface area contributed by atoms with Crippen molar-refractivity contribution >= 4 is 6.41 Å². The number of nitrogens with one attached hydrogen (secondary N) is 1. The van der Waals surface area contributed by atoms with Gasteiger partial charge in [0.1, 0.15) is 0 Å². The van der Waals surface area contributed by atoms with Gasteiger partial charge in [-0.2, -0.15) is 0 Å². The van der Waals surface area contributed by atoms with E-state index in [0.717, 1.165) is 6.54 Å². The molecule has 0 heterocycles. The predicted molar refractivity (Wildman–Crippen MR) is 36.9 cm³/mol. The monoisotopic (exact) mass is 128 g/mol. The summed E-state index contributed by atoms with van der Waals surface area (Å²) in [5.41, 5.74) is 0. The van der Waals surface area contributed by atoms with Crippen LogP contribution in [0.1, 0.15) is 13.8 Å². The molecule has 0 saturated carbocycles. The van der Waals surface area contributed by atoms with E-state index in [1.165, 1.54) is 0 Å². The Kier molecular flexibility index (Phi) is 19.0. The highest BCUT2D eigenvalue weighted by molar-refractivity contribution is 5.45. The Morgan fingerprint density at radius 1 is 1.67 bits per heavy atom. The summed E-state index contributed by atoms with van der Waals surface area (Å²) >= 11 is 0. The van der Waals surface area contributed by atoms with Crippen LogP contribution in [-0.2, 0) is 4.79 Å². The van der Waals surface area contributed by atoms with Crippen molar-refractivity contribution in [3.63, 3.8) is 0 Å². The SMILES string of the molecule is CCNC=O.[C-]#[N+]CC. The fraction of sp³-hybridized carbons (Fsp3) is 0.667. The molecule has 0 aromatic rings. The quantitative estimate of drug-likeness (QED) is 0.430. The molecule has 0 aliphatic carbocycles. The first-order valence-corrected chi connectivity index (χ1v) is 2.83. The average molecular weight is 128 g/mol. The predicted octanol–water partition coefficient (Wildman–Crippen LogP) is 0.678. The molecule has 0 unspecified atom stereocenters. The third-order valence-corrected chi connectivity index (χ3v) is 0.446. The smallest absolute Gasteiger partial charge is 0.211 e. The van der Waals surface area contributed by atoms with Gasteiger partial charge in [0.25, 0.3) is 0 Å². The maximum Gasteiger partial charge on any atom is 0.211 e. The third kappa shape index (κ3) is 44.6. The highest BCUT2D eigenvalue weighted by Crippen LogP contribution is 1.52. The minimum Gasteiger partial charge on any atom is -0.359 e. The Morgan fingerprint density at radius 2 is 2.11 bits per heavy atom. The zero-order valence-electron chi connectivity index (χ0n) is 5.85. The topological polar surface area (TPSA) is 33.5 Å². The van der Waals surface area contributed by atoms with Crippen molar-refractivity contribution in [2.24, 2.45) is 0 Å². The first-order valence-electron chi connectivity index (χ1n) is 2.83. The normalized spacial score (nSPS) is 5.89. The van der Waals surface area contributed by atoms with Crippen molar-refractivity contribution in [1.29, 1.82) is 0 Å². The summed E-state index contributed by atoms with van der Waals surface area (Å²) in [5, 5.41) is 2.43. The van der Waals surface area contributed by atoms with E-state index in [0.29, 0.717) is 13.0 Å². The molecule has 0 bridgehead atoms. The van der Waals surface area contributed by atoms with E-state index >= 15 is 0 Å². The first kappa shape index (κ1) is 10.9. The van der Waals surface area contributed by atoms with Gasteiger partial charge in [-0.05, 0) is 6.92 Å². The number of nitrogens with zero attached hydrogens (tertiary/aromatic N) is 1. The molecule has 0 saturated heterocycles. The fourth-order valence-corrected chi connectivity index (χ4v) is 0.0833. The van der Waals surface area contributed by atoms with E-state index in [-0.39, 0.29) is 0 Å². The number of hydrogen-bond donors (Lipinski definition) is 1. The van der Waals surface area contributed by atoms with E-state index in [4.69, 9.17) is 6.57 Å². The van der Waals surface area contributed by atoms with Gasteiger partial charge in [0, 0.05) is 13.5 Å². The van der Waals surface area contributed by atoms with Crippen LogP contribution in [0.3, 0.4) is 0 Å². The molecule has 0 radical (unpaired) electrons. The van der Waals surface area contributed by atoms with Crippen molar-refractivity contribution in [2.75, 3.05) is 13.1 Å². The molecule has 1 N–H and O–H groups in total. The lowest BCUT2D eigenvalue weighted by Crippen LogP contribution is -2.07. The van der Waals surface area contributed by atoms with Gasteiger partial charge in [-0.25, -0.2) is 6.57 Å². The molecule has 0 aliphatic rings. The van der Waals surface area contributed by atoms with Gasteiger partial charge in [0.15, 0.2) is 0 Å². The molecular weight excluding hydrogens is 116 g/mol. The highest BCUT2D eigenvalue weighted by atomic mass is 16.1. The van der Waals surface area contributed by atoms with Gasteiger partial charge in [0.05, 0.1) is 0 Å². The zero-order chi connectivity index (χ0) is 7.54. The van der Waals surface area contributed by atoms with Crippen molar-refractivity contribution < 1.29 is 4.79 Å². The van der Waals surface area contributed by atoms with Gasteiger partial charge in [0.2, 0.25) is 13.0 Å². The van der Waals surface area contributed by atoms with Crippen molar-refractivity contribution in [1.82, 2.24) is 5.32 Å². The van der Waals surface area contributed by atoms with Crippen LogP contribution in [0.5, 0.6) is 0 Å². The van der Waals surface area contributed by atoms with Crippen LogP contribution < -0.4 is 5.32 Å². The van der Waals surface area contributed by atoms with E-state index < -0.39 is 0 Å². The van der Waals surface area contributed by atoms with E-state index in [2.05, 4.69) is 10.2 Å². The first-order chi connectivity index (χ1) is 4.33. The van der Waals surface area contributed by atoms with E-state index in [9.17, 15) is 4.79 Å². The molecular formula is C6H12N2O. The zero-order valence-corrected chi connectivity index (χ0v) is 5.85. The Morgan fingerprint density at radius 3 is 2.11 bits per heavy atom. The van der Waals surface area contributed by atoms with Gasteiger partial charge in [-0.15, -0.1) is 0 Å². The maximum absolute atomic E-state index is 9.29. The standard InChI is InChI=1S/C3H7NO.C3H5N/c1-2-4-3-5;1-3-4-2/h3H,2H2,1H3,(H,4,5);3H2,1H3. The number of carbonyl (C=O) groups excluding carboxylic acids is 1. The van der Waals surface area contributed by atoms with Gasteiger partial charge in [-0.1, -0.05) is 0 Å². The Bertz CT molecular complexity index is 85.5. The molecule has 9 heavy (non-hydrogen) atoms. The van der Waals surface area contributed by atoms with Crippen LogP contribution in [0.15, 0.2) is 0 Å². The maximum atomic E-state index is 9.29. The summed E-state index contributed by atoms with van der Waals surface area (Å²) in [5.74, 6) is 0. The summed E-state index contributed by atoms with van der Waals surface area (Å²) < 4.78 is 0. The summed E-state index contributed by atoms with van der Waals surface area (Å²) in [7, 11) is 0. The van der Waals surface area contributed by atoms with E-state index in [1.54, 1.807) is 0 Å². The Labute approximate surface area is 55.9 Å². The molecule has 52 valence electrons. The van der Waals surface area contributed by atoms with Crippen LogP contribution in [-0.4, -0.2) is 19.5 Å². The molecule has 0 aliphatic heterocycles. The van der Waals surface area contributed by atoms with Crippen molar-refractivity contribution in [2.45, 2.75) is 13.8 Å². The second-order valence-electron chi connectivity index (χ2n) is 1.15. The Hall–Kier alpha value is -1.04. The molecule has 0 spiro atoms. The van der Waals surface area contributed by atoms with Crippen LogP contribution >= 0.6 is 0 Å². The second kappa shape index (κ2) is 15.8. The number of carbonyl (C=O) groups is 1. The van der Waals surface area contributed by atoms with Gasteiger partial charge in [-0.3, -0.25) is 4.79 Å². The molecule has 3 nitrogen and oxygen atoms in total. The third-order valence-electron chi connectivity index (χ3n) is 0.446. The number of rotatable bonds is 2. The minimum atomic E-state index is 0.611. The van der Waals surface area contributed by atoms with Crippen LogP contribution in [0.25, 0.3) is 4.85 Å². The van der Waals surface area contributed by atoms with Crippen LogP contribution in [0.2, 0.25) is 0 Å². The van der Waals surface area contributed by atoms with Crippen LogP contribution in [0, 0.1) is 6.57 Å². The minimum absolute atomic E-state index is 0.611. The number of hydrogen-bond acceptors (Lipinski definition) is 1. The van der Waals surface area contributed by atoms with E-state index in [1.807, 2.05) is 13.8 Å². The fourth-order valence-electron chi connectivity index (χ4n) is 0.0833. The lowest BCUT2D eigenvalue weighted by atomic mass is 10.8. The van der Waals surface area contributed by atoms with Crippen LogP contribution in [0.4, 0.5) is 0 Å². The highest BCUT2D eigenvalue weighted by Gasteiger charge is 1.59. The lowest BCUT2D eigenvalue weighted by molar-refractivity contribution is -0.109. The summed E-state index contributed by atoms with van der Waals surface area (Å²) in [6.45, 7) is 11.1. The van der Waals surface area contributed by atoms with Gasteiger partial charge < -0.3 is 10.2 Å². The summed E-state index contributed by atoms with van der Waals surface area (Å²) in [4.78, 5) is 12.3. The van der Waals surface area contributed by atoms with Crippen molar-refractivity contribution in [3.8, 4) is 0 Å². The molecule has 1 amide bonds. The number of amides is 1.